The van der Waals surface area contributed by atoms with Crippen molar-refractivity contribution in [2.45, 2.75) is 12.5 Å². The summed E-state index contributed by atoms with van der Waals surface area (Å²) in [5, 5.41) is 13.8. The van der Waals surface area contributed by atoms with Gasteiger partial charge in [0.05, 0.1) is 5.69 Å². The topological polar surface area (TPSA) is 38.0 Å². The number of hydrogen-bond donors (Lipinski definition) is 1. The van der Waals surface area contributed by atoms with Gasteiger partial charge in [-0.3, -0.25) is 4.68 Å². The molecular weight excluding hydrogens is 226 g/mol. The van der Waals surface area contributed by atoms with Gasteiger partial charge < -0.3 is 5.11 Å². The average molecular weight is 238 g/mol. The van der Waals surface area contributed by atoms with Crippen molar-refractivity contribution >= 4 is 0 Å². The number of aromatic nitrogens is 2. The summed E-state index contributed by atoms with van der Waals surface area (Å²) in [5.41, 5.74) is 0.279. The fraction of sp³-hybridized carbons (Fsp3) is 0.250. The van der Waals surface area contributed by atoms with Crippen LogP contribution in [-0.4, -0.2) is 14.9 Å². The van der Waals surface area contributed by atoms with Gasteiger partial charge in [0.2, 0.25) is 0 Å². The molecule has 0 aliphatic rings. The molecule has 1 unspecified atom stereocenters. The Labute approximate surface area is 97.3 Å². The van der Waals surface area contributed by atoms with E-state index < -0.39 is 17.7 Å². The lowest BCUT2D eigenvalue weighted by atomic mass is 10.0. The number of nitrogens with zero attached hydrogens (tertiary/aromatic N) is 2. The molecule has 0 aliphatic heterocycles. The number of rotatable bonds is 3. The SMILES string of the molecule is Cn1ccc(C(O)Cc2c(F)cccc2F)n1. The number of aliphatic hydroxyl groups is 1. The van der Waals surface area contributed by atoms with E-state index in [2.05, 4.69) is 5.10 Å². The van der Waals surface area contributed by atoms with Gasteiger partial charge in [-0.05, 0) is 18.2 Å². The monoisotopic (exact) mass is 238 g/mol. The second-order valence-corrected chi connectivity index (χ2v) is 3.83. The number of benzene rings is 1. The van der Waals surface area contributed by atoms with E-state index in [0.717, 1.165) is 0 Å². The summed E-state index contributed by atoms with van der Waals surface area (Å²) in [6.45, 7) is 0. The Morgan fingerprint density at radius 1 is 1.29 bits per heavy atom. The van der Waals surface area contributed by atoms with E-state index in [-0.39, 0.29) is 12.0 Å². The first-order chi connectivity index (χ1) is 8.08. The van der Waals surface area contributed by atoms with E-state index in [1.807, 2.05) is 0 Å². The molecule has 1 heterocycles. The third-order valence-electron chi connectivity index (χ3n) is 2.53. The Balaban J connectivity index is 2.21. The van der Waals surface area contributed by atoms with Gasteiger partial charge in [0.15, 0.2) is 0 Å². The number of aliphatic hydroxyl groups excluding tert-OH is 1. The molecule has 0 saturated heterocycles. The number of hydrogen-bond acceptors (Lipinski definition) is 2. The zero-order valence-electron chi connectivity index (χ0n) is 9.27. The predicted octanol–water partition coefficient (Wildman–Crippen LogP) is 1.97. The van der Waals surface area contributed by atoms with Gasteiger partial charge in [-0.2, -0.15) is 5.10 Å². The third kappa shape index (κ3) is 2.50. The van der Waals surface area contributed by atoms with Crippen LogP contribution in [0.25, 0.3) is 0 Å². The maximum atomic E-state index is 13.4. The van der Waals surface area contributed by atoms with Gasteiger partial charge in [0, 0.05) is 25.2 Å². The van der Waals surface area contributed by atoms with Crippen molar-refractivity contribution in [3.8, 4) is 0 Å². The van der Waals surface area contributed by atoms with Crippen LogP contribution in [0.1, 0.15) is 17.4 Å². The van der Waals surface area contributed by atoms with Crippen molar-refractivity contribution in [2.75, 3.05) is 0 Å². The quantitative estimate of drug-likeness (QED) is 0.887. The van der Waals surface area contributed by atoms with Crippen LogP contribution in [0.2, 0.25) is 0 Å². The van der Waals surface area contributed by atoms with E-state index in [1.54, 1.807) is 19.3 Å². The zero-order valence-corrected chi connectivity index (χ0v) is 9.27. The van der Waals surface area contributed by atoms with Crippen LogP contribution < -0.4 is 0 Å². The molecule has 3 nitrogen and oxygen atoms in total. The molecule has 0 radical (unpaired) electrons. The molecule has 90 valence electrons. The Hall–Kier alpha value is -1.75. The molecule has 0 saturated carbocycles. The average Bonchev–Trinajstić information content (AvgIpc) is 2.70. The smallest absolute Gasteiger partial charge is 0.129 e. The van der Waals surface area contributed by atoms with Gasteiger partial charge in [-0.1, -0.05) is 6.07 Å². The maximum absolute atomic E-state index is 13.4. The highest BCUT2D eigenvalue weighted by Crippen LogP contribution is 2.20. The Morgan fingerprint density at radius 2 is 1.94 bits per heavy atom. The van der Waals surface area contributed by atoms with Gasteiger partial charge >= 0.3 is 0 Å². The van der Waals surface area contributed by atoms with Gasteiger partial charge in [0.1, 0.15) is 17.7 Å². The minimum absolute atomic E-state index is 0.120. The summed E-state index contributed by atoms with van der Waals surface area (Å²) in [4.78, 5) is 0. The van der Waals surface area contributed by atoms with Crippen LogP contribution in [0.5, 0.6) is 0 Å². The standard InChI is InChI=1S/C12H12F2N2O/c1-16-6-5-11(15-16)12(17)7-8-9(13)3-2-4-10(8)14/h2-6,12,17H,7H2,1H3. The fourth-order valence-electron chi connectivity index (χ4n) is 1.64. The van der Waals surface area contributed by atoms with Crippen molar-refractivity contribution in [2.24, 2.45) is 7.05 Å². The lowest BCUT2D eigenvalue weighted by Gasteiger charge is -2.09. The first-order valence-electron chi connectivity index (χ1n) is 5.18. The molecule has 0 aliphatic carbocycles. The Kier molecular flexibility index (Phi) is 3.19. The number of aryl methyl sites for hydroxylation is 1. The summed E-state index contributed by atoms with van der Waals surface area (Å²) < 4.78 is 28.2. The van der Waals surface area contributed by atoms with E-state index in [0.29, 0.717) is 5.69 Å². The van der Waals surface area contributed by atoms with Gasteiger partial charge in [0.25, 0.3) is 0 Å². The van der Waals surface area contributed by atoms with Crippen LogP contribution in [0.3, 0.4) is 0 Å². The second-order valence-electron chi connectivity index (χ2n) is 3.83. The van der Waals surface area contributed by atoms with Crippen molar-refractivity contribution < 1.29 is 13.9 Å². The summed E-state index contributed by atoms with van der Waals surface area (Å²) in [6.07, 6.45) is 0.522. The molecular formula is C12H12F2N2O. The Bertz CT molecular complexity index is 505. The lowest BCUT2D eigenvalue weighted by Crippen LogP contribution is -2.07. The molecule has 5 heteroatoms. The highest BCUT2D eigenvalue weighted by atomic mass is 19.1. The molecule has 17 heavy (non-hydrogen) atoms. The molecule has 0 bridgehead atoms. The van der Waals surface area contributed by atoms with Crippen molar-refractivity contribution in [3.63, 3.8) is 0 Å². The summed E-state index contributed by atoms with van der Waals surface area (Å²) in [6, 6.07) is 5.25. The maximum Gasteiger partial charge on any atom is 0.129 e. The minimum atomic E-state index is -1.01. The molecule has 1 aromatic carbocycles. The first-order valence-corrected chi connectivity index (χ1v) is 5.18. The fourth-order valence-corrected chi connectivity index (χ4v) is 1.64. The first kappa shape index (κ1) is 11.7. The van der Waals surface area contributed by atoms with E-state index >= 15 is 0 Å². The van der Waals surface area contributed by atoms with E-state index in [1.165, 1.54) is 22.9 Å². The largest absolute Gasteiger partial charge is 0.386 e. The Morgan fingerprint density at radius 3 is 2.47 bits per heavy atom. The van der Waals surface area contributed by atoms with Crippen molar-refractivity contribution in [1.82, 2.24) is 9.78 Å². The van der Waals surface area contributed by atoms with Crippen molar-refractivity contribution in [3.05, 3.63) is 53.4 Å². The summed E-state index contributed by atoms with van der Waals surface area (Å²) in [7, 11) is 1.71. The molecule has 2 rings (SSSR count). The van der Waals surface area contributed by atoms with Crippen molar-refractivity contribution in [1.29, 1.82) is 0 Å². The molecule has 1 atom stereocenters. The van der Waals surface area contributed by atoms with Crippen LogP contribution in [0, 0.1) is 11.6 Å². The number of halogens is 2. The minimum Gasteiger partial charge on any atom is -0.386 e. The van der Waals surface area contributed by atoms with Crippen LogP contribution in [0.15, 0.2) is 30.5 Å². The predicted molar refractivity (Wildman–Crippen MR) is 58.2 cm³/mol. The highest BCUT2D eigenvalue weighted by Gasteiger charge is 2.16. The van der Waals surface area contributed by atoms with Crippen LogP contribution in [0.4, 0.5) is 8.78 Å². The van der Waals surface area contributed by atoms with E-state index in [9.17, 15) is 13.9 Å². The van der Waals surface area contributed by atoms with Gasteiger partial charge in [-0.25, -0.2) is 8.78 Å². The van der Waals surface area contributed by atoms with E-state index in [4.69, 9.17) is 0 Å². The summed E-state index contributed by atoms with van der Waals surface area (Å²) in [5.74, 6) is -1.31. The third-order valence-corrected chi connectivity index (χ3v) is 2.53. The zero-order chi connectivity index (χ0) is 12.4. The highest BCUT2D eigenvalue weighted by molar-refractivity contribution is 5.21. The molecule has 0 spiro atoms. The van der Waals surface area contributed by atoms with Gasteiger partial charge in [-0.15, -0.1) is 0 Å². The molecule has 0 amide bonds. The molecule has 0 fully saturated rings. The molecule has 1 N–H and O–H groups in total. The second kappa shape index (κ2) is 4.63. The molecule has 2 aromatic rings. The van der Waals surface area contributed by atoms with Crippen LogP contribution >= 0.6 is 0 Å². The normalized spacial score (nSPS) is 12.7. The molecule has 1 aromatic heterocycles. The lowest BCUT2D eigenvalue weighted by molar-refractivity contribution is 0.170. The van der Waals surface area contributed by atoms with Crippen LogP contribution in [-0.2, 0) is 13.5 Å². The summed E-state index contributed by atoms with van der Waals surface area (Å²) >= 11 is 0.